The summed E-state index contributed by atoms with van der Waals surface area (Å²) >= 11 is 0. The predicted octanol–water partition coefficient (Wildman–Crippen LogP) is -1.17. The van der Waals surface area contributed by atoms with Gasteiger partial charge in [0.05, 0.1) is 23.0 Å². The summed E-state index contributed by atoms with van der Waals surface area (Å²) in [6, 6.07) is 0. The van der Waals surface area contributed by atoms with Crippen molar-refractivity contribution in [1.82, 2.24) is 0 Å². The molecule has 12 atom stereocenters. The third-order valence-electron chi connectivity index (χ3n) is 9.02. The minimum absolute atomic E-state index is 0.0330. The van der Waals surface area contributed by atoms with Gasteiger partial charge < -0.3 is 44.1 Å². The van der Waals surface area contributed by atoms with Crippen molar-refractivity contribution < 1.29 is 48.9 Å². The summed E-state index contributed by atoms with van der Waals surface area (Å²) in [5.41, 5.74) is -7.24. The predicted molar refractivity (Wildman–Crippen MR) is 94.0 cm³/mol. The number of aliphatic hydroxyl groups is 4. The van der Waals surface area contributed by atoms with Crippen LogP contribution in [0.5, 0.6) is 0 Å². The van der Waals surface area contributed by atoms with Gasteiger partial charge in [-0.2, -0.15) is 0 Å². The molecule has 0 aromatic heterocycles. The Bertz CT molecular complexity index is 827. The van der Waals surface area contributed by atoms with Gasteiger partial charge in [-0.3, -0.25) is 0 Å². The van der Waals surface area contributed by atoms with Gasteiger partial charge in [0.2, 0.25) is 5.60 Å². The maximum absolute atomic E-state index is 13.5. The Morgan fingerprint density at radius 3 is 2.50 bits per heavy atom. The third kappa shape index (κ3) is 1.53. The number of esters is 1. The molecule has 4 N–H and O–H groups in total. The van der Waals surface area contributed by atoms with Crippen molar-refractivity contribution in [2.75, 3.05) is 6.79 Å². The van der Waals surface area contributed by atoms with E-state index in [-0.39, 0.29) is 13.2 Å². The quantitative estimate of drug-likeness (QED) is 0.348. The monoisotopic (exact) mass is 428 g/mol. The van der Waals surface area contributed by atoms with Crippen LogP contribution in [0.4, 0.5) is 0 Å². The van der Waals surface area contributed by atoms with E-state index in [4.69, 9.17) is 23.7 Å². The molecule has 2 spiro atoms. The largest absolute Gasteiger partial charge is 0.457 e. The molecule has 10 nitrogen and oxygen atoms in total. The first-order valence-electron chi connectivity index (χ1n) is 10.5. The molecule has 2 saturated carbocycles. The van der Waals surface area contributed by atoms with Crippen molar-refractivity contribution in [1.29, 1.82) is 0 Å². The maximum atomic E-state index is 13.5. The van der Waals surface area contributed by atoms with Crippen LogP contribution in [0.2, 0.25) is 0 Å². The fourth-order valence-corrected chi connectivity index (χ4v) is 8.29. The molecule has 6 rings (SSSR count). The van der Waals surface area contributed by atoms with Crippen LogP contribution in [-0.2, 0) is 28.5 Å². The molecule has 4 saturated heterocycles. The second kappa shape index (κ2) is 5.20. The average molecular weight is 428 g/mol. The lowest BCUT2D eigenvalue weighted by Gasteiger charge is -2.52. The second-order valence-electron chi connectivity index (χ2n) is 10.8. The first kappa shape index (κ1) is 19.8. The van der Waals surface area contributed by atoms with Crippen LogP contribution in [0.25, 0.3) is 0 Å². The molecule has 0 aromatic carbocycles. The molecular weight excluding hydrogens is 400 g/mol. The van der Waals surface area contributed by atoms with Crippen molar-refractivity contribution in [3.05, 3.63) is 0 Å². The molecule has 4 heterocycles. The second-order valence-corrected chi connectivity index (χ2v) is 10.8. The molecule has 10 heteroatoms. The highest BCUT2D eigenvalue weighted by Crippen LogP contribution is 2.84. The van der Waals surface area contributed by atoms with Gasteiger partial charge in [-0.15, -0.1) is 0 Å². The number of carbonyl (C=O) groups excluding carboxylic acids is 1. The zero-order chi connectivity index (χ0) is 21.6. The van der Waals surface area contributed by atoms with Gasteiger partial charge in [0, 0.05) is 11.8 Å². The van der Waals surface area contributed by atoms with Gasteiger partial charge in [-0.05, 0) is 11.8 Å². The van der Waals surface area contributed by atoms with Crippen LogP contribution < -0.4 is 0 Å². The summed E-state index contributed by atoms with van der Waals surface area (Å²) in [5, 5.41) is 45.1. The minimum Gasteiger partial charge on any atom is -0.457 e. The zero-order valence-corrected chi connectivity index (χ0v) is 17.3. The van der Waals surface area contributed by atoms with Crippen LogP contribution in [0, 0.1) is 28.1 Å². The van der Waals surface area contributed by atoms with E-state index < -0.39 is 82.4 Å². The van der Waals surface area contributed by atoms with Gasteiger partial charge in [0.25, 0.3) is 0 Å². The number of fused-ring (bicyclic) bond motifs is 1. The van der Waals surface area contributed by atoms with Crippen molar-refractivity contribution in [3.63, 3.8) is 0 Å². The Morgan fingerprint density at radius 1 is 1.13 bits per heavy atom. The van der Waals surface area contributed by atoms with Crippen molar-refractivity contribution in [2.45, 2.75) is 82.5 Å². The molecule has 6 fully saturated rings. The lowest BCUT2D eigenvalue weighted by atomic mass is 9.52. The Labute approximate surface area is 173 Å². The molecule has 7 unspecified atom stereocenters. The zero-order valence-electron chi connectivity index (χ0n) is 17.3. The van der Waals surface area contributed by atoms with Crippen LogP contribution in [0.3, 0.4) is 0 Å². The normalized spacial score (nSPS) is 63.4. The van der Waals surface area contributed by atoms with Crippen LogP contribution in [0.1, 0.15) is 34.1 Å². The number of aliphatic hydroxyl groups excluding tert-OH is 3. The fourth-order valence-electron chi connectivity index (χ4n) is 8.29. The van der Waals surface area contributed by atoms with Crippen LogP contribution >= 0.6 is 0 Å². The summed E-state index contributed by atoms with van der Waals surface area (Å²) in [6.45, 7) is 7.07. The van der Waals surface area contributed by atoms with Crippen LogP contribution in [-0.4, -0.2) is 81.6 Å². The van der Waals surface area contributed by atoms with E-state index in [2.05, 4.69) is 0 Å². The smallest absolute Gasteiger partial charge is 0.342 e. The Balaban J connectivity index is 1.69. The van der Waals surface area contributed by atoms with E-state index in [9.17, 15) is 25.2 Å². The summed E-state index contributed by atoms with van der Waals surface area (Å²) in [7, 11) is 0. The topological polar surface area (TPSA) is 144 Å². The summed E-state index contributed by atoms with van der Waals surface area (Å²) in [6.07, 6.45) is -6.97. The highest BCUT2D eigenvalue weighted by Gasteiger charge is 3.01. The standard InChI is InChI=1S/C20H28O10/c1-7-12(22)28-8-5-17-11-9(21)10(16(2,3)4)18(17)13(23)26-6-27-15(18)30-20(17,14(24)29-11)19(7,8)25/h7-13,15,21-23,25H,5-6H2,1-4H3/t7-,8?,9-,10+,11?,12?,13+,15?,17?,18?,19-,20?/m1/s1. The first-order chi connectivity index (χ1) is 13.9. The van der Waals surface area contributed by atoms with Gasteiger partial charge in [0.1, 0.15) is 11.7 Å². The molecule has 2 aliphatic carbocycles. The fraction of sp³-hybridized carbons (Fsp3) is 0.950. The van der Waals surface area contributed by atoms with E-state index in [1.165, 1.54) is 0 Å². The molecular formula is C20H28O10. The Kier molecular flexibility index (Phi) is 3.44. The SMILES string of the molecule is C[C@@H]1C(O)OC2CC34C5OC(=O)C3(OC3OCO[C@H](O)C34[C@H](C(C)(C)C)[C@H]5O)[C@]21O. The summed E-state index contributed by atoms with van der Waals surface area (Å²) < 4.78 is 29.0. The highest BCUT2D eigenvalue weighted by molar-refractivity contribution is 5.89. The molecule has 0 aromatic rings. The number of rotatable bonds is 0. The molecule has 0 bridgehead atoms. The van der Waals surface area contributed by atoms with E-state index in [1.807, 2.05) is 20.8 Å². The number of hydrogen-bond donors (Lipinski definition) is 4. The van der Waals surface area contributed by atoms with Gasteiger partial charge in [0.15, 0.2) is 25.7 Å². The third-order valence-corrected chi connectivity index (χ3v) is 9.02. The summed E-state index contributed by atoms with van der Waals surface area (Å²) in [5.74, 6) is -2.36. The molecule has 4 aliphatic heterocycles. The van der Waals surface area contributed by atoms with E-state index in [0.717, 1.165) is 0 Å². The van der Waals surface area contributed by atoms with Gasteiger partial charge >= 0.3 is 5.97 Å². The molecule has 0 radical (unpaired) electrons. The van der Waals surface area contributed by atoms with E-state index >= 15 is 0 Å². The molecule has 0 amide bonds. The highest BCUT2D eigenvalue weighted by atomic mass is 16.8. The van der Waals surface area contributed by atoms with Gasteiger partial charge in [-0.1, -0.05) is 27.7 Å². The first-order valence-corrected chi connectivity index (χ1v) is 10.5. The lowest BCUT2D eigenvalue weighted by Crippen LogP contribution is -2.66. The van der Waals surface area contributed by atoms with Gasteiger partial charge in [-0.25, -0.2) is 4.79 Å². The molecule has 6 aliphatic rings. The van der Waals surface area contributed by atoms with Crippen molar-refractivity contribution in [3.8, 4) is 0 Å². The molecule has 168 valence electrons. The van der Waals surface area contributed by atoms with Crippen molar-refractivity contribution in [2.24, 2.45) is 28.1 Å². The van der Waals surface area contributed by atoms with Crippen LogP contribution in [0.15, 0.2) is 0 Å². The number of ether oxygens (including phenoxy) is 5. The Morgan fingerprint density at radius 2 is 1.83 bits per heavy atom. The Hall–Kier alpha value is -0.850. The summed E-state index contributed by atoms with van der Waals surface area (Å²) in [4.78, 5) is 13.5. The van der Waals surface area contributed by atoms with E-state index in [0.29, 0.717) is 0 Å². The van der Waals surface area contributed by atoms with Crippen molar-refractivity contribution >= 4 is 5.97 Å². The number of carbonyl (C=O) groups is 1. The van der Waals surface area contributed by atoms with E-state index in [1.54, 1.807) is 6.92 Å². The number of hydrogen-bond acceptors (Lipinski definition) is 10. The average Bonchev–Trinajstić information content (AvgIpc) is 3.27. The minimum atomic E-state index is -1.98. The maximum Gasteiger partial charge on any atom is 0.342 e. The lowest BCUT2D eigenvalue weighted by molar-refractivity contribution is -0.376. The molecule has 30 heavy (non-hydrogen) atoms.